The first-order valence-electron chi connectivity index (χ1n) is 12.8. The Hall–Kier alpha value is -3.17. The molecule has 40 heavy (non-hydrogen) atoms. The molecule has 5 rings (SSSR count). The average Bonchev–Trinajstić information content (AvgIpc) is 3.38. The molecule has 1 aromatic heterocycles. The molecule has 0 bridgehead atoms. The van der Waals surface area contributed by atoms with Gasteiger partial charge in [0.25, 0.3) is 0 Å². The van der Waals surface area contributed by atoms with Crippen LogP contribution in [0.2, 0.25) is 10.0 Å². The molecule has 0 spiro atoms. The van der Waals surface area contributed by atoms with E-state index >= 15 is 0 Å². The second kappa shape index (κ2) is 13.0. The lowest BCUT2D eigenvalue weighted by atomic mass is 9.96. The summed E-state index contributed by atoms with van der Waals surface area (Å²) >= 11 is 14.3. The third-order valence-corrected chi connectivity index (χ3v) is 8.30. The van der Waals surface area contributed by atoms with Crippen molar-refractivity contribution < 1.29 is 14.9 Å². The van der Waals surface area contributed by atoms with Crippen LogP contribution in [0.15, 0.2) is 78.9 Å². The minimum atomic E-state index is -0.369. The van der Waals surface area contributed by atoms with Crippen molar-refractivity contribution in [3.63, 3.8) is 0 Å². The van der Waals surface area contributed by atoms with E-state index < -0.39 is 0 Å². The van der Waals surface area contributed by atoms with Crippen molar-refractivity contribution >= 4 is 56.3 Å². The Morgan fingerprint density at radius 1 is 0.900 bits per heavy atom. The molecule has 0 radical (unpaired) electrons. The summed E-state index contributed by atoms with van der Waals surface area (Å²) in [5.41, 5.74) is 6.17. The van der Waals surface area contributed by atoms with Crippen molar-refractivity contribution in [2.45, 2.75) is 26.1 Å². The van der Waals surface area contributed by atoms with Crippen LogP contribution in [-0.2, 0) is 13.2 Å². The summed E-state index contributed by atoms with van der Waals surface area (Å²) in [6.45, 7) is 2.67. The molecule has 1 heterocycles. The Labute approximate surface area is 247 Å². The zero-order chi connectivity index (χ0) is 28.1. The quantitative estimate of drug-likeness (QED) is 0.128. The van der Waals surface area contributed by atoms with Crippen LogP contribution in [0.25, 0.3) is 21.2 Å². The summed E-state index contributed by atoms with van der Waals surface area (Å²) in [5, 5.41) is 27.1. The molecule has 9 heteroatoms. The minimum absolute atomic E-state index is 0.137. The van der Waals surface area contributed by atoms with Gasteiger partial charge in [0, 0.05) is 17.5 Å². The maximum atomic E-state index is 9.23. The van der Waals surface area contributed by atoms with Gasteiger partial charge in [-0.2, -0.15) is 4.37 Å². The molecule has 0 saturated heterocycles. The number of aliphatic hydroxyl groups excluding tert-OH is 2. The largest absolute Gasteiger partial charge is 0.487 e. The highest BCUT2D eigenvalue weighted by atomic mass is 35.5. The molecule has 0 aliphatic rings. The lowest BCUT2D eigenvalue weighted by molar-refractivity contribution is 0.170. The van der Waals surface area contributed by atoms with Crippen molar-refractivity contribution in [1.29, 1.82) is 0 Å². The number of ether oxygens (including phenoxy) is 1. The fourth-order valence-electron chi connectivity index (χ4n) is 4.46. The molecule has 0 amide bonds. The van der Waals surface area contributed by atoms with Crippen LogP contribution in [0, 0.1) is 6.92 Å². The number of aliphatic hydroxyl groups is 2. The summed E-state index contributed by atoms with van der Waals surface area (Å²) in [4.78, 5) is 0. The summed E-state index contributed by atoms with van der Waals surface area (Å²) in [5.74, 6) is 1.37. The number of anilines is 2. The third kappa shape index (κ3) is 6.25. The number of aromatic nitrogens is 1. The summed E-state index contributed by atoms with van der Waals surface area (Å²) in [7, 11) is 0. The molecule has 0 fully saturated rings. The van der Waals surface area contributed by atoms with E-state index in [2.05, 4.69) is 41.8 Å². The van der Waals surface area contributed by atoms with E-state index in [4.69, 9.17) is 32.3 Å². The molecule has 206 valence electrons. The standard InChI is InChI=1S/C31H29Cl2N3O3S/c1-19-21(18-39-29-13-12-20(14-27(29)33)15-34-22(16-37)17-38)6-4-7-23(19)24-8-5-9-25-30(24)40-36-31(25)35-28-11-3-2-10-26(28)32/h2-14,22,34,37-38H,15-18H2,1H3,(H,35,36). The first-order valence-corrected chi connectivity index (χ1v) is 14.4. The second-order valence-electron chi connectivity index (χ2n) is 9.40. The van der Waals surface area contributed by atoms with Crippen LogP contribution in [0.3, 0.4) is 0 Å². The van der Waals surface area contributed by atoms with Crippen LogP contribution in [0.1, 0.15) is 16.7 Å². The van der Waals surface area contributed by atoms with Gasteiger partial charge >= 0.3 is 0 Å². The SMILES string of the molecule is Cc1c(COc2ccc(CNC(CO)CO)cc2Cl)cccc1-c1cccc2c(Nc3ccccc3Cl)nsc12. The van der Waals surface area contributed by atoms with Gasteiger partial charge in [-0.25, -0.2) is 0 Å². The molecule has 6 nitrogen and oxygen atoms in total. The molecule has 0 unspecified atom stereocenters. The van der Waals surface area contributed by atoms with Gasteiger partial charge in [0.2, 0.25) is 0 Å². The number of fused-ring (bicyclic) bond motifs is 1. The van der Waals surface area contributed by atoms with Crippen LogP contribution in [0.5, 0.6) is 5.75 Å². The van der Waals surface area contributed by atoms with E-state index in [0.29, 0.717) is 28.9 Å². The third-order valence-electron chi connectivity index (χ3n) is 6.78. The van der Waals surface area contributed by atoms with Crippen LogP contribution < -0.4 is 15.4 Å². The molecular weight excluding hydrogens is 565 g/mol. The molecule has 4 aromatic carbocycles. The zero-order valence-corrected chi connectivity index (χ0v) is 24.2. The molecule has 0 atom stereocenters. The molecular formula is C31H29Cl2N3O3S. The van der Waals surface area contributed by atoms with Crippen molar-refractivity contribution in [1.82, 2.24) is 9.69 Å². The number of rotatable bonds is 11. The van der Waals surface area contributed by atoms with Gasteiger partial charge in [-0.3, -0.25) is 0 Å². The van der Waals surface area contributed by atoms with E-state index in [1.165, 1.54) is 11.5 Å². The summed E-state index contributed by atoms with van der Waals surface area (Å²) in [6, 6.07) is 25.3. The fourth-order valence-corrected chi connectivity index (χ4v) is 5.77. The van der Waals surface area contributed by atoms with E-state index in [1.807, 2.05) is 54.6 Å². The minimum Gasteiger partial charge on any atom is -0.487 e. The Kier molecular flexibility index (Phi) is 9.22. The van der Waals surface area contributed by atoms with Gasteiger partial charge in [0.05, 0.1) is 39.7 Å². The Balaban J connectivity index is 1.34. The number of hydrogen-bond acceptors (Lipinski definition) is 7. The van der Waals surface area contributed by atoms with E-state index in [1.54, 1.807) is 0 Å². The first-order chi connectivity index (χ1) is 19.5. The summed E-state index contributed by atoms with van der Waals surface area (Å²) in [6.07, 6.45) is 0. The maximum absolute atomic E-state index is 9.23. The number of halogens is 2. The number of para-hydroxylation sites is 1. The number of nitrogens with one attached hydrogen (secondary N) is 2. The monoisotopic (exact) mass is 593 g/mol. The van der Waals surface area contributed by atoms with E-state index in [9.17, 15) is 10.2 Å². The molecule has 4 N–H and O–H groups in total. The van der Waals surface area contributed by atoms with Gasteiger partial charge in [0.1, 0.15) is 12.4 Å². The Morgan fingerprint density at radius 3 is 2.45 bits per heavy atom. The van der Waals surface area contributed by atoms with Crippen molar-refractivity contribution in [2.24, 2.45) is 0 Å². The first kappa shape index (κ1) is 28.4. The van der Waals surface area contributed by atoms with Crippen molar-refractivity contribution in [2.75, 3.05) is 18.5 Å². The van der Waals surface area contributed by atoms with Gasteiger partial charge in [-0.15, -0.1) is 0 Å². The Morgan fingerprint density at radius 2 is 1.68 bits per heavy atom. The predicted octanol–water partition coefficient (Wildman–Crippen LogP) is 7.34. The maximum Gasteiger partial charge on any atom is 0.152 e. The lowest BCUT2D eigenvalue weighted by Gasteiger charge is -2.15. The van der Waals surface area contributed by atoms with Crippen molar-refractivity contribution in [3.8, 4) is 16.9 Å². The molecule has 5 aromatic rings. The second-order valence-corrected chi connectivity index (χ2v) is 11.0. The van der Waals surface area contributed by atoms with Crippen molar-refractivity contribution in [3.05, 3.63) is 106 Å². The van der Waals surface area contributed by atoms with Crippen LogP contribution >= 0.6 is 34.7 Å². The molecule has 0 saturated carbocycles. The molecule has 0 aliphatic heterocycles. The highest BCUT2D eigenvalue weighted by molar-refractivity contribution is 7.14. The lowest BCUT2D eigenvalue weighted by Crippen LogP contribution is -2.35. The number of hydrogen-bond donors (Lipinski definition) is 4. The number of nitrogens with zero attached hydrogens (tertiary/aromatic N) is 1. The molecule has 0 aliphatic carbocycles. The average molecular weight is 595 g/mol. The van der Waals surface area contributed by atoms with Gasteiger partial charge in [-0.05, 0) is 71.0 Å². The van der Waals surface area contributed by atoms with E-state index in [0.717, 1.165) is 49.4 Å². The fraction of sp³-hybridized carbons (Fsp3) is 0.194. The van der Waals surface area contributed by atoms with Crippen LogP contribution in [-0.4, -0.2) is 33.8 Å². The number of benzene rings is 4. The zero-order valence-electron chi connectivity index (χ0n) is 21.8. The Bertz CT molecular complexity index is 1620. The van der Waals surface area contributed by atoms with E-state index in [-0.39, 0.29) is 19.3 Å². The highest BCUT2D eigenvalue weighted by Crippen LogP contribution is 2.39. The van der Waals surface area contributed by atoms with Gasteiger partial charge in [-0.1, -0.05) is 71.7 Å². The predicted molar refractivity (Wildman–Crippen MR) is 165 cm³/mol. The smallest absolute Gasteiger partial charge is 0.152 e. The normalized spacial score (nSPS) is 11.3. The van der Waals surface area contributed by atoms with Gasteiger partial charge in [0.15, 0.2) is 5.82 Å². The topological polar surface area (TPSA) is 86.6 Å². The van der Waals surface area contributed by atoms with Gasteiger partial charge < -0.3 is 25.6 Å². The highest BCUT2D eigenvalue weighted by Gasteiger charge is 2.15. The summed E-state index contributed by atoms with van der Waals surface area (Å²) < 4.78 is 11.9. The van der Waals surface area contributed by atoms with Crippen LogP contribution in [0.4, 0.5) is 11.5 Å².